The van der Waals surface area contributed by atoms with E-state index in [4.69, 9.17) is 22.1 Å². The maximum absolute atomic E-state index is 13.4. The Morgan fingerprint density at radius 1 is 1.17 bits per heavy atom. The molecule has 1 aliphatic heterocycles. The number of fused-ring (bicyclic) bond motifs is 1. The summed E-state index contributed by atoms with van der Waals surface area (Å²) < 4.78 is 45.9. The van der Waals surface area contributed by atoms with Crippen LogP contribution in [0.3, 0.4) is 0 Å². The normalized spacial score (nSPS) is 16.8. The number of hydrogen-bond donors (Lipinski definition) is 1. The van der Waals surface area contributed by atoms with Crippen molar-refractivity contribution in [3.8, 4) is 16.9 Å². The Balaban J connectivity index is 0.00000208. The molecule has 3 rings (SSSR count). The van der Waals surface area contributed by atoms with E-state index in [0.717, 1.165) is 24.5 Å². The number of nitrogens with two attached hydrogens (primary N) is 1. The molecule has 2 aromatic carbocycles. The fourth-order valence-electron chi connectivity index (χ4n) is 2.83. The summed E-state index contributed by atoms with van der Waals surface area (Å²) >= 11 is 5.75. The van der Waals surface area contributed by atoms with Gasteiger partial charge < -0.3 is 10.5 Å². The Morgan fingerprint density at radius 2 is 1.92 bits per heavy atom. The minimum Gasteiger partial charge on any atom is -0.488 e. The third-order valence-corrected chi connectivity index (χ3v) is 4.19. The third-order valence-electron chi connectivity index (χ3n) is 3.96. The predicted molar refractivity (Wildman–Crippen MR) is 90.4 cm³/mol. The van der Waals surface area contributed by atoms with Crippen LogP contribution in [0.15, 0.2) is 36.4 Å². The lowest BCUT2D eigenvalue weighted by molar-refractivity contribution is -0.137. The Hall–Kier alpha value is -1.72. The summed E-state index contributed by atoms with van der Waals surface area (Å²) in [5, 5.41) is 0.0478. The Labute approximate surface area is 144 Å². The summed E-state index contributed by atoms with van der Waals surface area (Å²) in [6, 6.07) is 9.03. The highest BCUT2D eigenvalue weighted by molar-refractivity contribution is 6.30. The number of halogens is 4. The van der Waals surface area contributed by atoms with Crippen molar-refractivity contribution in [2.75, 3.05) is 6.54 Å². The quantitative estimate of drug-likeness (QED) is 0.790. The lowest BCUT2D eigenvalue weighted by Gasteiger charge is -2.27. The van der Waals surface area contributed by atoms with Crippen LogP contribution >= 0.6 is 11.6 Å². The van der Waals surface area contributed by atoms with E-state index in [2.05, 4.69) is 0 Å². The van der Waals surface area contributed by atoms with Gasteiger partial charge in [-0.1, -0.05) is 43.3 Å². The molecule has 0 bridgehead atoms. The molecule has 1 heterocycles. The van der Waals surface area contributed by atoms with Crippen LogP contribution in [0.4, 0.5) is 13.2 Å². The molecule has 2 aromatic rings. The largest absolute Gasteiger partial charge is 0.488 e. The van der Waals surface area contributed by atoms with Gasteiger partial charge in [-0.3, -0.25) is 0 Å². The summed E-state index contributed by atoms with van der Waals surface area (Å²) in [5.74, 6) is 0.488. The van der Waals surface area contributed by atoms with Crippen LogP contribution in [0.1, 0.15) is 25.0 Å². The van der Waals surface area contributed by atoms with Gasteiger partial charge in [0.05, 0.1) is 5.56 Å². The third kappa shape index (κ3) is 3.52. The zero-order valence-corrected chi connectivity index (χ0v) is 12.9. The molecule has 1 aliphatic rings. The van der Waals surface area contributed by atoms with Gasteiger partial charge in [0.25, 0.3) is 0 Å². The molecular formula is C18H19ClF3NO. The van der Waals surface area contributed by atoms with Crippen LogP contribution < -0.4 is 10.5 Å². The zero-order chi connectivity index (χ0) is 16.6. The van der Waals surface area contributed by atoms with Gasteiger partial charge in [0, 0.05) is 17.1 Å². The minimum atomic E-state index is -4.50. The van der Waals surface area contributed by atoms with E-state index in [-0.39, 0.29) is 24.1 Å². The number of benzene rings is 2. The van der Waals surface area contributed by atoms with Gasteiger partial charge in [-0.2, -0.15) is 13.2 Å². The Morgan fingerprint density at radius 3 is 2.58 bits per heavy atom. The second-order valence-corrected chi connectivity index (χ2v) is 5.93. The molecule has 24 heavy (non-hydrogen) atoms. The van der Waals surface area contributed by atoms with E-state index in [1.165, 1.54) is 12.1 Å². The van der Waals surface area contributed by atoms with Crippen LogP contribution in [0, 0.1) is 0 Å². The van der Waals surface area contributed by atoms with Crippen LogP contribution in [-0.4, -0.2) is 12.6 Å². The highest BCUT2D eigenvalue weighted by atomic mass is 35.5. The predicted octanol–water partition coefficient (Wildman–Crippen LogP) is 5.31. The highest BCUT2D eigenvalue weighted by Gasteiger charge is 2.35. The fourth-order valence-corrected chi connectivity index (χ4v) is 3.00. The van der Waals surface area contributed by atoms with E-state index in [0.29, 0.717) is 17.9 Å². The molecule has 0 saturated carbocycles. The van der Waals surface area contributed by atoms with Crippen molar-refractivity contribution in [3.63, 3.8) is 0 Å². The number of hydrogen-bond acceptors (Lipinski definition) is 2. The molecule has 2 N–H and O–H groups in total. The molecule has 0 aliphatic carbocycles. The lowest BCUT2D eigenvalue weighted by Crippen LogP contribution is -2.30. The van der Waals surface area contributed by atoms with Crippen molar-refractivity contribution in [2.24, 2.45) is 5.73 Å². The molecule has 2 nitrogen and oxygen atoms in total. The maximum atomic E-state index is 13.4. The first kappa shape index (κ1) is 18.6. The van der Waals surface area contributed by atoms with Gasteiger partial charge in [0.2, 0.25) is 0 Å². The summed E-state index contributed by atoms with van der Waals surface area (Å²) in [4.78, 5) is 0. The summed E-state index contributed by atoms with van der Waals surface area (Å²) in [6.07, 6.45) is -3.17. The second-order valence-electron chi connectivity index (χ2n) is 5.50. The van der Waals surface area contributed by atoms with Crippen molar-refractivity contribution in [3.05, 3.63) is 52.5 Å². The summed E-state index contributed by atoms with van der Waals surface area (Å²) in [7, 11) is 0. The summed E-state index contributed by atoms with van der Waals surface area (Å²) in [5.41, 5.74) is 6.26. The van der Waals surface area contributed by atoms with Gasteiger partial charge in [-0.05, 0) is 36.1 Å². The smallest absolute Gasteiger partial charge is 0.417 e. The molecular weight excluding hydrogens is 339 g/mol. The van der Waals surface area contributed by atoms with Gasteiger partial charge in [0.15, 0.2) is 0 Å². The van der Waals surface area contributed by atoms with E-state index < -0.39 is 11.7 Å². The standard InChI is InChI=1S/C17H15ClF3NO.CH4/c18-11-5-7-13(15(8-11)17(19,20)21)14-3-1-2-10-4-6-12(9-22)23-16(10)14;/h1-3,5,7-8,12H,4,6,9,22H2;1H4/t12-;/m1./s1. The molecule has 1 atom stereocenters. The molecule has 0 radical (unpaired) electrons. The molecule has 0 fully saturated rings. The molecule has 0 spiro atoms. The molecule has 0 amide bonds. The van der Waals surface area contributed by atoms with Crippen LogP contribution in [0.5, 0.6) is 5.75 Å². The molecule has 0 aromatic heterocycles. The molecule has 6 heteroatoms. The van der Waals surface area contributed by atoms with Crippen LogP contribution in [0.25, 0.3) is 11.1 Å². The Kier molecular flexibility index (Phi) is 5.45. The number of aryl methyl sites for hydroxylation is 1. The van der Waals surface area contributed by atoms with Crippen molar-refractivity contribution in [2.45, 2.75) is 32.5 Å². The van der Waals surface area contributed by atoms with Crippen LogP contribution in [-0.2, 0) is 12.6 Å². The monoisotopic (exact) mass is 357 g/mol. The average molecular weight is 358 g/mol. The van der Waals surface area contributed by atoms with Crippen molar-refractivity contribution in [1.82, 2.24) is 0 Å². The highest BCUT2D eigenvalue weighted by Crippen LogP contribution is 2.44. The minimum absolute atomic E-state index is 0. The Bertz CT molecular complexity index is 731. The first-order chi connectivity index (χ1) is 10.9. The zero-order valence-electron chi connectivity index (χ0n) is 12.2. The van der Waals surface area contributed by atoms with Gasteiger partial charge >= 0.3 is 6.18 Å². The number of para-hydroxylation sites is 1. The molecule has 130 valence electrons. The molecule has 0 saturated heterocycles. The van der Waals surface area contributed by atoms with E-state index in [1.807, 2.05) is 6.07 Å². The first-order valence-corrected chi connectivity index (χ1v) is 7.63. The molecule has 0 unspecified atom stereocenters. The summed E-state index contributed by atoms with van der Waals surface area (Å²) in [6.45, 7) is 0.334. The SMILES string of the molecule is C.NC[C@H]1CCc2cccc(-c3ccc(Cl)cc3C(F)(F)F)c2O1. The second kappa shape index (κ2) is 7.03. The number of rotatable bonds is 2. The topological polar surface area (TPSA) is 35.2 Å². The van der Waals surface area contributed by atoms with Gasteiger partial charge in [-0.25, -0.2) is 0 Å². The van der Waals surface area contributed by atoms with Gasteiger partial charge in [0.1, 0.15) is 11.9 Å². The number of alkyl halides is 3. The first-order valence-electron chi connectivity index (χ1n) is 7.26. The van der Waals surface area contributed by atoms with Crippen LogP contribution in [0.2, 0.25) is 5.02 Å². The number of ether oxygens (including phenoxy) is 1. The van der Waals surface area contributed by atoms with Crippen molar-refractivity contribution in [1.29, 1.82) is 0 Å². The maximum Gasteiger partial charge on any atom is 0.417 e. The van der Waals surface area contributed by atoms with E-state index >= 15 is 0 Å². The lowest BCUT2D eigenvalue weighted by atomic mass is 9.93. The van der Waals surface area contributed by atoms with E-state index in [1.54, 1.807) is 12.1 Å². The van der Waals surface area contributed by atoms with E-state index in [9.17, 15) is 13.2 Å². The fraction of sp³-hybridized carbons (Fsp3) is 0.333. The van der Waals surface area contributed by atoms with Crippen molar-refractivity contribution < 1.29 is 17.9 Å². The van der Waals surface area contributed by atoms with Crippen molar-refractivity contribution >= 4 is 11.6 Å². The average Bonchev–Trinajstić information content (AvgIpc) is 2.53. The van der Waals surface area contributed by atoms with Gasteiger partial charge in [-0.15, -0.1) is 0 Å².